The molecule has 0 aromatic heterocycles. The van der Waals surface area contributed by atoms with Crippen LogP contribution in [0, 0.1) is 35.5 Å². The highest BCUT2D eigenvalue weighted by atomic mass is 16.6. The summed E-state index contributed by atoms with van der Waals surface area (Å²) in [6, 6.07) is 0. The van der Waals surface area contributed by atoms with Crippen LogP contribution < -0.4 is 5.73 Å². The zero-order valence-corrected chi connectivity index (χ0v) is 26.1. The number of nitrogens with two attached hydrogens (primary N) is 1. The highest BCUT2D eigenvalue weighted by molar-refractivity contribution is 5.88. The summed E-state index contributed by atoms with van der Waals surface area (Å²) in [7, 11) is 0. The summed E-state index contributed by atoms with van der Waals surface area (Å²) < 4.78 is 10.8. The van der Waals surface area contributed by atoms with Crippen molar-refractivity contribution in [3.8, 4) is 0 Å². The van der Waals surface area contributed by atoms with Gasteiger partial charge in [-0.25, -0.2) is 9.59 Å². The predicted molar refractivity (Wildman–Crippen MR) is 163 cm³/mol. The summed E-state index contributed by atoms with van der Waals surface area (Å²) in [5.41, 5.74) is 6.90. The normalized spacial score (nSPS) is 24.9. The van der Waals surface area contributed by atoms with Crippen LogP contribution in [0.25, 0.3) is 0 Å². The molecule has 5 N–H and O–H groups in total. The fourth-order valence-corrected chi connectivity index (χ4v) is 5.53. The van der Waals surface area contributed by atoms with Gasteiger partial charge in [0.15, 0.2) is 0 Å². The zero-order chi connectivity index (χ0) is 31.4. The summed E-state index contributed by atoms with van der Waals surface area (Å²) in [5.74, 6) is -1.39. The molecule has 8 heteroatoms. The number of allylic oxidation sites excluding steroid dienone is 3. The molecule has 1 amide bonds. The molecule has 0 aromatic carbocycles. The lowest BCUT2D eigenvalue weighted by Crippen LogP contribution is -2.41. The number of hydrogen-bond acceptors (Lipinski definition) is 7. The smallest absolute Gasteiger partial charge is 0.404 e. The van der Waals surface area contributed by atoms with Crippen molar-refractivity contribution in [1.82, 2.24) is 0 Å². The van der Waals surface area contributed by atoms with Crippen LogP contribution in [0.4, 0.5) is 4.79 Å². The molecular weight excluding hydrogens is 522 g/mol. The number of carbonyl (C=O) groups is 2. The average Bonchev–Trinajstić information content (AvgIpc) is 2.90. The molecule has 1 aliphatic rings. The average molecular weight is 576 g/mol. The number of primary amides is 1. The number of amides is 1. The SMILES string of the molecule is C=C/C=C\[C@H](C)[C@H](OC(N)=O)[C@@H](C)[C@H](O)[C@@H](C)C/C(C)=C\[C@H](C)[C@@H](O)[C@@H](C)/C=C\[C@@H](O)C[C@@H]1OC(=O)C(C)=C[C@H]1C. The van der Waals surface area contributed by atoms with Crippen molar-refractivity contribution in [2.75, 3.05) is 0 Å². The van der Waals surface area contributed by atoms with Gasteiger partial charge in [-0.2, -0.15) is 0 Å². The monoisotopic (exact) mass is 575 g/mol. The second kappa shape index (κ2) is 17.3. The Morgan fingerprint density at radius 2 is 1.71 bits per heavy atom. The quantitative estimate of drug-likeness (QED) is 0.112. The van der Waals surface area contributed by atoms with Gasteiger partial charge in [-0.3, -0.25) is 0 Å². The highest BCUT2D eigenvalue weighted by Crippen LogP contribution is 2.29. The van der Waals surface area contributed by atoms with Crippen molar-refractivity contribution < 1.29 is 34.4 Å². The van der Waals surface area contributed by atoms with Crippen LogP contribution in [0.1, 0.15) is 68.2 Å². The van der Waals surface area contributed by atoms with Crippen molar-refractivity contribution in [1.29, 1.82) is 0 Å². The van der Waals surface area contributed by atoms with Crippen LogP contribution >= 0.6 is 0 Å². The lowest BCUT2D eigenvalue weighted by Gasteiger charge is -2.33. The number of hydrogen-bond donors (Lipinski definition) is 4. The van der Waals surface area contributed by atoms with Gasteiger partial charge in [0.1, 0.15) is 12.2 Å². The molecule has 1 heterocycles. The maximum atomic E-state index is 11.8. The van der Waals surface area contributed by atoms with E-state index < -0.39 is 30.5 Å². The molecule has 0 fully saturated rings. The topological polar surface area (TPSA) is 139 Å². The number of cyclic esters (lactones) is 1. The minimum atomic E-state index is -0.880. The predicted octanol–water partition coefficient (Wildman–Crippen LogP) is 5.25. The Hall–Kier alpha value is -2.68. The summed E-state index contributed by atoms with van der Waals surface area (Å²) in [5, 5.41) is 32.5. The second-order valence-electron chi connectivity index (χ2n) is 12.0. The van der Waals surface area contributed by atoms with Crippen LogP contribution in [-0.2, 0) is 14.3 Å². The van der Waals surface area contributed by atoms with E-state index >= 15 is 0 Å². The first-order valence-corrected chi connectivity index (χ1v) is 14.6. The fraction of sp³-hybridized carbons (Fsp3) is 0.636. The van der Waals surface area contributed by atoms with E-state index in [4.69, 9.17) is 15.2 Å². The summed E-state index contributed by atoms with van der Waals surface area (Å²) in [4.78, 5) is 23.4. The van der Waals surface area contributed by atoms with Crippen LogP contribution in [-0.4, -0.2) is 57.9 Å². The van der Waals surface area contributed by atoms with Crippen molar-refractivity contribution in [2.45, 2.75) is 98.8 Å². The Bertz CT molecular complexity index is 984. The Morgan fingerprint density at radius 3 is 2.29 bits per heavy atom. The fourth-order valence-electron chi connectivity index (χ4n) is 5.53. The maximum absolute atomic E-state index is 11.8. The van der Waals surface area contributed by atoms with Crippen molar-refractivity contribution in [3.05, 3.63) is 60.3 Å². The van der Waals surface area contributed by atoms with E-state index in [0.29, 0.717) is 12.0 Å². The third-order valence-corrected chi connectivity index (χ3v) is 8.02. The highest BCUT2D eigenvalue weighted by Gasteiger charge is 2.33. The van der Waals surface area contributed by atoms with Gasteiger partial charge in [0.25, 0.3) is 0 Å². The molecular formula is C33H53NO7. The first kappa shape index (κ1) is 36.3. The molecule has 11 atom stereocenters. The molecule has 0 unspecified atom stereocenters. The van der Waals surface area contributed by atoms with E-state index in [1.54, 1.807) is 31.2 Å². The first-order chi connectivity index (χ1) is 19.1. The van der Waals surface area contributed by atoms with E-state index in [-0.39, 0.29) is 54.0 Å². The molecule has 0 radical (unpaired) electrons. The van der Waals surface area contributed by atoms with E-state index in [9.17, 15) is 24.9 Å². The molecule has 8 nitrogen and oxygen atoms in total. The molecule has 0 bridgehead atoms. The van der Waals surface area contributed by atoms with Crippen LogP contribution in [0.15, 0.2) is 60.3 Å². The summed E-state index contributed by atoms with van der Waals surface area (Å²) in [6.07, 6.45) is 9.37. The Morgan fingerprint density at radius 1 is 1.07 bits per heavy atom. The van der Waals surface area contributed by atoms with Gasteiger partial charge in [-0.05, 0) is 26.2 Å². The number of carbonyl (C=O) groups excluding carboxylic acids is 2. The Kier molecular flexibility index (Phi) is 15.4. The second-order valence-corrected chi connectivity index (χ2v) is 12.0. The van der Waals surface area contributed by atoms with Crippen LogP contribution in [0.3, 0.4) is 0 Å². The lowest BCUT2D eigenvalue weighted by molar-refractivity contribution is -0.149. The minimum absolute atomic E-state index is 0.0230. The molecule has 0 saturated heterocycles. The lowest BCUT2D eigenvalue weighted by atomic mass is 9.81. The van der Waals surface area contributed by atoms with Gasteiger partial charge in [-0.15, -0.1) is 0 Å². The molecule has 41 heavy (non-hydrogen) atoms. The molecule has 0 aliphatic carbocycles. The van der Waals surface area contributed by atoms with Crippen molar-refractivity contribution in [3.63, 3.8) is 0 Å². The number of esters is 1. The molecule has 0 aromatic rings. The van der Waals surface area contributed by atoms with Gasteiger partial charge < -0.3 is 30.5 Å². The third-order valence-electron chi connectivity index (χ3n) is 8.02. The third kappa shape index (κ3) is 12.0. The summed E-state index contributed by atoms with van der Waals surface area (Å²) >= 11 is 0. The van der Waals surface area contributed by atoms with Crippen LogP contribution in [0.5, 0.6) is 0 Å². The molecule has 1 rings (SSSR count). The van der Waals surface area contributed by atoms with E-state index in [0.717, 1.165) is 5.57 Å². The molecule has 0 spiro atoms. The zero-order valence-electron chi connectivity index (χ0n) is 26.1. The first-order valence-electron chi connectivity index (χ1n) is 14.6. The Labute approximate surface area is 246 Å². The van der Waals surface area contributed by atoms with Gasteiger partial charge in [-0.1, -0.05) is 96.2 Å². The van der Waals surface area contributed by atoms with E-state index in [1.807, 2.05) is 66.7 Å². The summed E-state index contributed by atoms with van der Waals surface area (Å²) in [6.45, 7) is 18.8. The molecule has 232 valence electrons. The number of ether oxygens (including phenoxy) is 2. The number of rotatable bonds is 16. The number of aliphatic hydroxyl groups excluding tert-OH is 3. The van der Waals surface area contributed by atoms with Crippen LogP contribution in [0.2, 0.25) is 0 Å². The maximum Gasteiger partial charge on any atom is 0.404 e. The van der Waals surface area contributed by atoms with Gasteiger partial charge in [0, 0.05) is 41.6 Å². The van der Waals surface area contributed by atoms with E-state index in [2.05, 4.69) is 6.58 Å². The minimum Gasteiger partial charge on any atom is -0.458 e. The van der Waals surface area contributed by atoms with Gasteiger partial charge in [0.2, 0.25) is 0 Å². The van der Waals surface area contributed by atoms with E-state index in [1.165, 1.54) is 0 Å². The van der Waals surface area contributed by atoms with Gasteiger partial charge in [0.05, 0.1) is 18.3 Å². The van der Waals surface area contributed by atoms with Crippen molar-refractivity contribution in [2.24, 2.45) is 41.2 Å². The Balaban J connectivity index is 2.75. The molecule has 1 aliphatic heterocycles. The number of aliphatic hydroxyl groups is 3. The van der Waals surface area contributed by atoms with Gasteiger partial charge >= 0.3 is 12.1 Å². The molecule has 0 saturated carbocycles. The van der Waals surface area contributed by atoms with Crippen molar-refractivity contribution >= 4 is 12.1 Å². The largest absolute Gasteiger partial charge is 0.458 e. The standard InChI is InChI=1S/C33H53NO7/c1-10-11-12-21(4)31(41-33(34)39)26(9)30(37)24(7)16-19(2)15-23(6)29(36)20(3)13-14-27(35)18-28-22(5)17-25(8)32(38)40-28/h10-15,17,20-24,26-31,35-37H,1,16,18H2,2-9H3,(H2,34,39)/b12-11-,14-13-,19-15-/t20-,21-,22+,23-,24-,26-,27+,28-,29-,30+,31-/m0/s1.